The Morgan fingerprint density at radius 1 is 0.826 bits per heavy atom. The highest BCUT2D eigenvalue weighted by atomic mass is 35.5. The number of rotatable bonds is 15. The average molecular weight is 697 g/mol. The molecule has 3 rings (SSSR count). The van der Waals surface area contributed by atoms with Crippen LogP contribution in [0.2, 0.25) is 10.0 Å². The number of sulfonamides is 1. The molecular weight excluding hydrogens is 657 g/mol. The second kappa shape index (κ2) is 16.1. The number of halogens is 2. The van der Waals surface area contributed by atoms with Crippen molar-refractivity contribution in [1.82, 2.24) is 10.2 Å². The lowest BCUT2D eigenvalue weighted by molar-refractivity contribution is -0.139. The van der Waals surface area contributed by atoms with Crippen LogP contribution in [0.5, 0.6) is 23.0 Å². The van der Waals surface area contributed by atoms with E-state index in [1.165, 1.54) is 63.7 Å². The number of benzene rings is 3. The van der Waals surface area contributed by atoms with Crippen LogP contribution in [0.25, 0.3) is 0 Å². The monoisotopic (exact) mass is 695 g/mol. The quantitative estimate of drug-likeness (QED) is 0.219. The molecule has 14 heteroatoms. The smallest absolute Gasteiger partial charge is 0.265 e. The van der Waals surface area contributed by atoms with E-state index in [0.717, 1.165) is 4.31 Å². The maximum absolute atomic E-state index is 14.4. The molecule has 11 nitrogen and oxygen atoms in total. The first-order valence-corrected chi connectivity index (χ1v) is 16.5. The third kappa shape index (κ3) is 8.48. The van der Waals surface area contributed by atoms with Gasteiger partial charge in [-0.2, -0.15) is 0 Å². The minimum atomic E-state index is -4.48. The van der Waals surface area contributed by atoms with E-state index >= 15 is 0 Å². The predicted molar refractivity (Wildman–Crippen MR) is 178 cm³/mol. The minimum absolute atomic E-state index is 0.0381. The molecule has 0 aliphatic rings. The second-order valence-electron chi connectivity index (χ2n) is 10.3. The number of hydrogen-bond donors (Lipinski definition) is 1. The molecule has 0 radical (unpaired) electrons. The fourth-order valence-corrected chi connectivity index (χ4v) is 6.25. The van der Waals surface area contributed by atoms with Crippen LogP contribution in [0.1, 0.15) is 32.8 Å². The number of nitrogens with zero attached hydrogens (tertiary/aromatic N) is 2. The first kappa shape index (κ1) is 36.6. The van der Waals surface area contributed by atoms with Crippen LogP contribution in [0.3, 0.4) is 0 Å². The van der Waals surface area contributed by atoms with Gasteiger partial charge in [-0.25, -0.2) is 8.42 Å². The van der Waals surface area contributed by atoms with Gasteiger partial charge in [0.15, 0.2) is 11.5 Å². The van der Waals surface area contributed by atoms with E-state index in [4.69, 9.17) is 42.1 Å². The summed E-state index contributed by atoms with van der Waals surface area (Å²) in [5, 5.41) is 3.48. The zero-order chi connectivity index (χ0) is 34.2. The summed E-state index contributed by atoms with van der Waals surface area (Å²) in [4.78, 5) is 28.7. The second-order valence-corrected chi connectivity index (χ2v) is 13.0. The SMILES string of the molecule is CC[C@@H](C)NC(=O)[C@H](C)N(Cc1ccc(Cl)c(Cl)c1)C(=O)CN(c1cc(OC)ccc1OC)S(=O)(=O)c1ccc(OC)c(OC)c1. The van der Waals surface area contributed by atoms with Crippen molar-refractivity contribution in [2.75, 3.05) is 39.3 Å². The molecule has 2 amide bonds. The van der Waals surface area contributed by atoms with Crippen molar-refractivity contribution in [3.63, 3.8) is 0 Å². The highest BCUT2D eigenvalue weighted by molar-refractivity contribution is 7.92. The molecule has 0 aliphatic carbocycles. The Morgan fingerprint density at radius 3 is 2.07 bits per heavy atom. The van der Waals surface area contributed by atoms with Crippen molar-refractivity contribution in [3.05, 3.63) is 70.2 Å². The van der Waals surface area contributed by atoms with E-state index in [9.17, 15) is 18.0 Å². The third-order valence-corrected chi connectivity index (χ3v) is 9.88. The maximum Gasteiger partial charge on any atom is 0.265 e. The summed E-state index contributed by atoms with van der Waals surface area (Å²) in [7, 11) is 1.15. The summed E-state index contributed by atoms with van der Waals surface area (Å²) in [6, 6.07) is 12.4. The Hall–Kier alpha value is -3.87. The van der Waals surface area contributed by atoms with Gasteiger partial charge in [0.2, 0.25) is 11.8 Å². The van der Waals surface area contributed by atoms with E-state index in [2.05, 4.69) is 5.32 Å². The Kier molecular flexibility index (Phi) is 12.8. The van der Waals surface area contributed by atoms with E-state index in [1.807, 2.05) is 13.8 Å². The summed E-state index contributed by atoms with van der Waals surface area (Å²) in [6.07, 6.45) is 0.673. The van der Waals surface area contributed by atoms with Crippen LogP contribution in [0.15, 0.2) is 59.5 Å². The van der Waals surface area contributed by atoms with Crippen molar-refractivity contribution < 1.29 is 37.0 Å². The number of methoxy groups -OCH3 is 4. The highest BCUT2D eigenvalue weighted by Gasteiger charge is 2.35. The van der Waals surface area contributed by atoms with E-state index in [0.29, 0.717) is 28.5 Å². The number of carbonyl (C=O) groups excluding carboxylic acids is 2. The van der Waals surface area contributed by atoms with Gasteiger partial charge in [-0.05, 0) is 62.2 Å². The van der Waals surface area contributed by atoms with Gasteiger partial charge in [-0.3, -0.25) is 13.9 Å². The zero-order valence-corrected chi connectivity index (χ0v) is 29.1. The van der Waals surface area contributed by atoms with Gasteiger partial charge >= 0.3 is 0 Å². The number of nitrogens with one attached hydrogen (secondary N) is 1. The van der Waals surface area contributed by atoms with Crippen molar-refractivity contribution >= 4 is 50.7 Å². The number of ether oxygens (including phenoxy) is 4. The Balaban J connectivity index is 2.18. The molecule has 0 saturated carbocycles. The molecule has 3 aromatic carbocycles. The lowest BCUT2D eigenvalue weighted by Gasteiger charge is -2.33. The van der Waals surface area contributed by atoms with Gasteiger partial charge in [0.1, 0.15) is 24.1 Å². The molecule has 0 aromatic heterocycles. The average Bonchev–Trinajstić information content (AvgIpc) is 3.06. The lowest BCUT2D eigenvalue weighted by atomic mass is 10.1. The molecule has 0 unspecified atom stereocenters. The molecule has 0 saturated heterocycles. The lowest BCUT2D eigenvalue weighted by Crippen LogP contribution is -2.52. The molecule has 250 valence electrons. The summed E-state index contributed by atoms with van der Waals surface area (Å²) in [5.74, 6) is -0.107. The first-order chi connectivity index (χ1) is 21.8. The fourth-order valence-electron chi connectivity index (χ4n) is 4.49. The van der Waals surface area contributed by atoms with Crippen LogP contribution < -0.4 is 28.6 Å². The number of anilines is 1. The van der Waals surface area contributed by atoms with Crippen molar-refractivity contribution in [1.29, 1.82) is 0 Å². The van der Waals surface area contributed by atoms with E-state index < -0.39 is 34.4 Å². The number of carbonyl (C=O) groups is 2. The molecule has 1 N–H and O–H groups in total. The molecule has 46 heavy (non-hydrogen) atoms. The standard InChI is InChI=1S/C32H39Cl2N3O8S/c1-8-20(2)35-32(39)21(3)36(18-22-9-12-25(33)26(34)15-22)31(38)19-37(27-16-23(42-4)10-13-28(27)43-5)46(40,41)24-11-14-29(44-6)30(17-24)45-7/h9-17,20-21H,8,18-19H2,1-7H3,(H,35,39)/t20-,21+/m1/s1. The highest BCUT2D eigenvalue weighted by Crippen LogP contribution is 2.38. The van der Waals surface area contributed by atoms with Crippen LogP contribution >= 0.6 is 23.2 Å². The molecular formula is C32H39Cl2N3O8S. The summed E-state index contributed by atoms with van der Waals surface area (Å²) in [5.41, 5.74) is 0.621. The summed E-state index contributed by atoms with van der Waals surface area (Å²) >= 11 is 12.4. The molecule has 0 fully saturated rings. The zero-order valence-electron chi connectivity index (χ0n) is 26.8. The van der Waals surface area contributed by atoms with Crippen LogP contribution in [0.4, 0.5) is 5.69 Å². The minimum Gasteiger partial charge on any atom is -0.497 e. The molecule has 2 atom stereocenters. The Bertz CT molecular complexity index is 1650. The molecule has 3 aromatic rings. The van der Waals surface area contributed by atoms with Crippen molar-refractivity contribution in [2.45, 2.75) is 50.7 Å². The maximum atomic E-state index is 14.4. The van der Waals surface area contributed by atoms with Gasteiger partial charge in [0.25, 0.3) is 10.0 Å². The Morgan fingerprint density at radius 2 is 1.48 bits per heavy atom. The number of hydrogen-bond acceptors (Lipinski definition) is 8. The van der Waals surface area contributed by atoms with Gasteiger partial charge in [-0.1, -0.05) is 36.2 Å². The van der Waals surface area contributed by atoms with Gasteiger partial charge in [0, 0.05) is 24.7 Å². The van der Waals surface area contributed by atoms with E-state index in [-0.39, 0.29) is 39.7 Å². The topological polar surface area (TPSA) is 124 Å². The Labute approximate surface area is 280 Å². The van der Waals surface area contributed by atoms with Crippen LogP contribution in [0, 0.1) is 0 Å². The summed E-state index contributed by atoms with van der Waals surface area (Å²) in [6.45, 7) is 4.58. The van der Waals surface area contributed by atoms with E-state index in [1.54, 1.807) is 31.2 Å². The number of amides is 2. The van der Waals surface area contributed by atoms with Crippen LogP contribution in [-0.4, -0.2) is 72.2 Å². The fraction of sp³-hybridized carbons (Fsp3) is 0.375. The van der Waals surface area contributed by atoms with Crippen molar-refractivity contribution in [3.8, 4) is 23.0 Å². The molecule has 0 heterocycles. The molecule has 0 bridgehead atoms. The summed E-state index contributed by atoms with van der Waals surface area (Å²) < 4.78 is 51.3. The van der Waals surface area contributed by atoms with Crippen molar-refractivity contribution in [2.24, 2.45) is 0 Å². The van der Waals surface area contributed by atoms with Gasteiger partial charge < -0.3 is 29.2 Å². The largest absolute Gasteiger partial charge is 0.497 e. The van der Waals surface area contributed by atoms with Crippen LogP contribution in [-0.2, 0) is 26.2 Å². The van der Waals surface area contributed by atoms with Gasteiger partial charge in [-0.15, -0.1) is 0 Å². The predicted octanol–water partition coefficient (Wildman–Crippen LogP) is 5.56. The molecule has 0 spiro atoms. The molecule has 0 aliphatic heterocycles. The first-order valence-electron chi connectivity index (χ1n) is 14.3. The normalized spacial score (nSPS) is 12.5. The third-order valence-electron chi connectivity index (χ3n) is 7.38. The van der Waals surface area contributed by atoms with Gasteiger partial charge in [0.05, 0.1) is 49.1 Å².